The lowest BCUT2D eigenvalue weighted by Crippen LogP contribution is -2.37. The number of carbonyl (C=O) groups excluding carboxylic acids is 1. The van der Waals surface area contributed by atoms with Crippen LogP contribution in [0.4, 0.5) is 19.0 Å². The standard InChI is InChI=1S/C15H20F3N3O2/c1-2-23-11-14(22)21-7-3-6-20(8-9-21)13-5-4-12(10-19-13)15(16,17)18/h4-5,10H,2-3,6-9,11H2,1H3. The summed E-state index contributed by atoms with van der Waals surface area (Å²) in [6.45, 7) is 4.69. The van der Waals surface area contributed by atoms with Gasteiger partial charge in [-0.15, -0.1) is 0 Å². The van der Waals surface area contributed by atoms with Crippen molar-refractivity contribution in [2.45, 2.75) is 19.5 Å². The molecule has 1 saturated heterocycles. The van der Waals surface area contributed by atoms with Crippen LogP contribution in [-0.2, 0) is 15.7 Å². The van der Waals surface area contributed by atoms with Crippen molar-refractivity contribution in [2.75, 3.05) is 44.3 Å². The van der Waals surface area contributed by atoms with Gasteiger partial charge in [-0.3, -0.25) is 4.79 Å². The molecule has 1 aliphatic rings. The predicted molar refractivity (Wildman–Crippen MR) is 79.1 cm³/mol. The van der Waals surface area contributed by atoms with E-state index >= 15 is 0 Å². The number of hydrogen-bond donors (Lipinski definition) is 0. The number of nitrogens with zero attached hydrogens (tertiary/aromatic N) is 3. The van der Waals surface area contributed by atoms with Gasteiger partial charge >= 0.3 is 6.18 Å². The van der Waals surface area contributed by atoms with Crippen LogP contribution in [0.5, 0.6) is 0 Å². The van der Waals surface area contributed by atoms with Gasteiger partial charge in [0, 0.05) is 39.0 Å². The Morgan fingerprint density at radius 2 is 2.04 bits per heavy atom. The van der Waals surface area contributed by atoms with Crippen molar-refractivity contribution in [1.29, 1.82) is 0 Å². The number of carbonyl (C=O) groups is 1. The Labute approximate surface area is 133 Å². The maximum atomic E-state index is 12.6. The first-order chi connectivity index (χ1) is 10.9. The predicted octanol–water partition coefficient (Wildman–Crippen LogP) is 2.18. The summed E-state index contributed by atoms with van der Waals surface area (Å²) in [5, 5.41) is 0. The third kappa shape index (κ3) is 4.82. The minimum absolute atomic E-state index is 0.0610. The van der Waals surface area contributed by atoms with Crippen molar-refractivity contribution in [2.24, 2.45) is 0 Å². The van der Waals surface area contributed by atoms with Crippen LogP contribution >= 0.6 is 0 Å². The Hall–Kier alpha value is -1.83. The number of ether oxygens (including phenoxy) is 1. The first-order valence-electron chi connectivity index (χ1n) is 7.55. The molecular weight excluding hydrogens is 311 g/mol. The van der Waals surface area contributed by atoms with E-state index < -0.39 is 11.7 Å². The molecule has 1 aliphatic heterocycles. The highest BCUT2D eigenvalue weighted by atomic mass is 19.4. The number of hydrogen-bond acceptors (Lipinski definition) is 4. The fourth-order valence-electron chi connectivity index (χ4n) is 2.42. The van der Waals surface area contributed by atoms with E-state index in [4.69, 9.17) is 4.74 Å². The van der Waals surface area contributed by atoms with E-state index in [1.165, 1.54) is 6.07 Å². The monoisotopic (exact) mass is 331 g/mol. The zero-order valence-electron chi connectivity index (χ0n) is 13.0. The van der Waals surface area contributed by atoms with Crippen molar-refractivity contribution < 1.29 is 22.7 Å². The molecule has 0 unspecified atom stereocenters. The normalized spacial score (nSPS) is 16.3. The highest BCUT2D eigenvalue weighted by molar-refractivity contribution is 5.77. The number of halogens is 3. The summed E-state index contributed by atoms with van der Waals surface area (Å²) >= 11 is 0. The van der Waals surface area contributed by atoms with Crippen molar-refractivity contribution in [3.63, 3.8) is 0 Å². The maximum Gasteiger partial charge on any atom is 0.417 e. The summed E-state index contributed by atoms with van der Waals surface area (Å²) < 4.78 is 42.8. The topological polar surface area (TPSA) is 45.7 Å². The van der Waals surface area contributed by atoms with Gasteiger partial charge in [0.15, 0.2) is 0 Å². The van der Waals surface area contributed by atoms with Crippen molar-refractivity contribution in [3.05, 3.63) is 23.9 Å². The number of rotatable bonds is 4. The molecular formula is C15H20F3N3O2. The maximum absolute atomic E-state index is 12.6. The number of pyridine rings is 1. The lowest BCUT2D eigenvalue weighted by Gasteiger charge is -2.23. The Balaban J connectivity index is 1.96. The lowest BCUT2D eigenvalue weighted by atomic mass is 10.2. The molecule has 8 heteroatoms. The van der Waals surface area contributed by atoms with Crippen LogP contribution in [0.3, 0.4) is 0 Å². The molecule has 1 amide bonds. The third-order valence-electron chi connectivity index (χ3n) is 3.68. The molecule has 23 heavy (non-hydrogen) atoms. The summed E-state index contributed by atoms with van der Waals surface area (Å²) in [4.78, 5) is 19.5. The number of amides is 1. The second-order valence-electron chi connectivity index (χ2n) is 5.26. The molecule has 2 rings (SSSR count). The van der Waals surface area contributed by atoms with E-state index in [1.54, 1.807) is 4.90 Å². The van der Waals surface area contributed by atoms with Crippen LogP contribution in [0.15, 0.2) is 18.3 Å². The first kappa shape index (κ1) is 17.5. The summed E-state index contributed by atoms with van der Waals surface area (Å²) in [6.07, 6.45) is -2.80. The smallest absolute Gasteiger partial charge is 0.372 e. The SMILES string of the molecule is CCOCC(=O)N1CCCN(c2ccc(C(F)(F)F)cn2)CC1. The molecule has 2 heterocycles. The van der Waals surface area contributed by atoms with E-state index in [9.17, 15) is 18.0 Å². The number of aromatic nitrogens is 1. The Bertz CT molecular complexity index is 520. The minimum atomic E-state index is -4.38. The molecule has 0 aliphatic carbocycles. The quantitative estimate of drug-likeness (QED) is 0.848. The van der Waals surface area contributed by atoms with Gasteiger partial charge < -0.3 is 14.5 Å². The summed E-state index contributed by atoms with van der Waals surface area (Å²) in [5.41, 5.74) is -0.760. The second kappa shape index (κ2) is 7.63. The molecule has 128 valence electrons. The number of anilines is 1. The summed E-state index contributed by atoms with van der Waals surface area (Å²) in [6, 6.07) is 2.41. The molecule has 0 atom stereocenters. The van der Waals surface area contributed by atoms with E-state index in [-0.39, 0.29) is 12.5 Å². The van der Waals surface area contributed by atoms with Gasteiger partial charge in [-0.25, -0.2) is 4.98 Å². The van der Waals surface area contributed by atoms with Crippen molar-refractivity contribution in [1.82, 2.24) is 9.88 Å². The molecule has 0 saturated carbocycles. The molecule has 0 radical (unpaired) electrons. The van der Waals surface area contributed by atoms with Crippen molar-refractivity contribution >= 4 is 11.7 Å². The van der Waals surface area contributed by atoms with Crippen LogP contribution in [0.1, 0.15) is 18.9 Å². The molecule has 0 N–H and O–H groups in total. The van der Waals surface area contributed by atoms with Gasteiger partial charge in [0.05, 0.1) is 5.56 Å². The molecule has 0 bridgehead atoms. The average molecular weight is 331 g/mol. The van der Waals surface area contributed by atoms with Gasteiger partial charge in [-0.05, 0) is 25.5 Å². The highest BCUT2D eigenvalue weighted by Gasteiger charge is 2.31. The summed E-state index contributed by atoms with van der Waals surface area (Å²) in [7, 11) is 0. The Morgan fingerprint density at radius 1 is 1.26 bits per heavy atom. The minimum Gasteiger partial charge on any atom is -0.372 e. The van der Waals surface area contributed by atoms with E-state index in [0.717, 1.165) is 18.7 Å². The first-order valence-corrected chi connectivity index (χ1v) is 7.55. The zero-order valence-corrected chi connectivity index (χ0v) is 13.0. The fraction of sp³-hybridized carbons (Fsp3) is 0.600. The summed E-state index contributed by atoms with van der Waals surface area (Å²) in [5.74, 6) is 0.436. The van der Waals surface area contributed by atoms with Gasteiger partial charge in [0.2, 0.25) is 5.91 Å². The molecule has 0 aromatic carbocycles. The lowest BCUT2D eigenvalue weighted by molar-refractivity contribution is -0.138. The van der Waals surface area contributed by atoms with Crippen LogP contribution in [0.25, 0.3) is 0 Å². The van der Waals surface area contributed by atoms with Gasteiger partial charge in [-0.2, -0.15) is 13.2 Å². The molecule has 1 fully saturated rings. The molecule has 1 aromatic rings. The van der Waals surface area contributed by atoms with E-state index in [2.05, 4.69) is 4.98 Å². The Morgan fingerprint density at radius 3 is 2.65 bits per heavy atom. The molecule has 1 aromatic heterocycles. The van der Waals surface area contributed by atoms with Gasteiger partial charge in [-0.1, -0.05) is 0 Å². The van der Waals surface area contributed by atoms with Crippen LogP contribution in [0, 0.1) is 0 Å². The van der Waals surface area contributed by atoms with Crippen LogP contribution in [0.2, 0.25) is 0 Å². The van der Waals surface area contributed by atoms with Crippen LogP contribution < -0.4 is 4.90 Å². The van der Waals surface area contributed by atoms with E-state index in [1.807, 2.05) is 11.8 Å². The van der Waals surface area contributed by atoms with Crippen LogP contribution in [-0.4, -0.2) is 55.2 Å². The highest BCUT2D eigenvalue weighted by Crippen LogP contribution is 2.29. The number of alkyl halides is 3. The van der Waals surface area contributed by atoms with Gasteiger partial charge in [0.1, 0.15) is 12.4 Å². The molecule has 5 nitrogen and oxygen atoms in total. The average Bonchev–Trinajstić information content (AvgIpc) is 2.78. The van der Waals surface area contributed by atoms with E-state index in [0.29, 0.717) is 38.6 Å². The van der Waals surface area contributed by atoms with Crippen molar-refractivity contribution in [3.8, 4) is 0 Å². The third-order valence-corrected chi connectivity index (χ3v) is 3.68. The fourth-order valence-corrected chi connectivity index (χ4v) is 2.42. The van der Waals surface area contributed by atoms with Gasteiger partial charge in [0.25, 0.3) is 0 Å². The second-order valence-corrected chi connectivity index (χ2v) is 5.26. The Kier molecular flexibility index (Phi) is 5.81. The zero-order chi connectivity index (χ0) is 16.9. The largest absolute Gasteiger partial charge is 0.417 e. The molecule has 0 spiro atoms.